The predicted octanol–water partition coefficient (Wildman–Crippen LogP) is 3.12. The number of carbonyl (C=O) groups is 2. The topological polar surface area (TPSA) is 47.7 Å². The molecule has 0 bridgehead atoms. The molecule has 0 amide bonds. The summed E-state index contributed by atoms with van der Waals surface area (Å²) in [4.78, 5) is 27.6. The van der Waals surface area contributed by atoms with Crippen LogP contribution in [0.1, 0.15) is 21.8 Å². The summed E-state index contributed by atoms with van der Waals surface area (Å²) in [6.45, 7) is 6.94. The number of hydrogen-bond acceptors (Lipinski definition) is 3. The number of esters is 1. The summed E-state index contributed by atoms with van der Waals surface area (Å²) in [5, 5.41) is 0. The quantitative estimate of drug-likeness (QED) is 0.275. The van der Waals surface area contributed by atoms with Crippen molar-refractivity contribution in [2.24, 2.45) is 0 Å². The molecule has 2 aromatic carbocycles. The van der Waals surface area contributed by atoms with Gasteiger partial charge in [-0.05, 0) is 6.07 Å². The first-order valence-electron chi connectivity index (χ1n) is 6.03. The van der Waals surface area contributed by atoms with E-state index in [0.29, 0.717) is 22.6 Å². The van der Waals surface area contributed by atoms with Gasteiger partial charge >= 0.3 is 5.97 Å². The number of rotatable bonds is 2. The van der Waals surface area contributed by atoms with Crippen LogP contribution in [0, 0.1) is 6.57 Å². The van der Waals surface area contributed by atoms with Gasteiger partial charge in [-0.15, -0.1) is 0 Å². The van der Waals surface area contributed by atoms with E-state index >= 15 is 0 Å². The van der Waals surface area contributed by atoms with Crippen molar-refractivity contribution in [2.45, 2.75) is 5.92 Å². The first-order valence-corrected chi connectivity index (χ1v) is 6.03. The highest BCUT2D eigenvalue weighted by atomic mass is 16.5. The molecular weight excluding hydrogens is 254 g/mol. The van der Waals surface area contributed by atoms with Crippen LogP contribution in [-0.4, -0.2) is 11.8 Å². The molecule has 0 aliphatic carbocycles. The van der Waals surface area contributed by atoms with E-state index in [9.17, 15) is 9.59 Å². The third-order valence-electron chi connectivity index (χ3n) is 3.20. The van der Waals surface area contributed by atoms with Gasteiger partial charge < -0.3 is 4.74 Å². The lowest BCUT2D eigenvalue weighted by atomic mass is 9.92. The van der Waals surface area contributed by atoms with Crippen molar-refractivity contribution < 1.29 is 14.3 Å². The molecule has 0 saturated carbocycles. The van der Waals surface area contributed by atoms with Gasteiger partial charge in [-0.3, -0.25) is 9.59 Å². The summed E-state index contributed by atoms with van der Waals surface area (Å²) in [7, 11) is 0. The molecule has 0 saturated heterocycles. The monoisotopic (exact) mass is 263 g/mol. The molecule has 96 valence electrons. The van der Waals surface area contributed by atoms with Crippen molar-refractivity contribution in [3.8, 4) is 5.75 Å². The molecule has 1 aliphatic rings. The largest absolute Gasteiger partial charge is 0.427 e. The molecule has 0 aromatic heterocycles. The van der Waals surface area contributed by atoms with Crippen LogP contribution in [-0.2, 0) is 4.79 Å². The molecule has 1 heterocycles. The highest BCUT2D eigenvalue weighted by Gasteiger charge is 2.39. The summed E-state index contributed by atoms with van der Waals surface area (Å²) in [5.74, 6) is -1.51. The van der Waals surface area contributed by atoms with E-state index in [2.05, 4.69) is 4.85 Å². The van der Waals surface area contributed by atoms with E-state index in [1.807, 2.05) is 0 Å². The molecule has 1 aliphatic heterocycles. The Balaban J connectivity index is 2.03. The maximum Gasteiger partial charge on any atom is 0.326 e. The Morgan fingerprint density at radius 2 is 1.90 bits per heavy atom. The van der Waals surface area contributed by atoms with E-state index in [-0.39, 0.29) is 5.78 Å². The summed E-state index contributed by atoms with van der Waals surface area (Å²) < 4.78 is 5.10. The maximum atomic E-state index is 12.4. The van der Waals surface area contributed by atoms with Crippen molar-refractivity contribution in [2.75, 3.05) is 0 Å². The van der Waals surface area contributed by atoms with Crippen molar-refractivity contribution in [3.63, 3.8) is 0 Å². The van der Waals surface area contributed by atoms with Crippen molar-refractivity contribution in [1.82, 2.24) is 0 Å². The van der Waals surface area contributed by atoms with Gasteiger partial charge in [0.15, 0.2) is 11.5 Å². The Bertz CT molecular complexity index is 744. The SMILES string of the molecule is [C-]#[N+]c1ccc2c(c1)OC(=O)C2C(=O)c1ccccc1. The third-order valence-corrected chi connectivity index (χ3v) is 3.20. The van der Waals surface area contributed by atoms with Gasteiger partial charge in [0, 0.05) is 11.1 Å². The van der Waals surface area contributed by atoms with Gasteiger partial charge in [-0.1, -0.05) is 42.5 Å². The van der Waals surface area contributed by atoms with Crippen LogP contribution < -0.4 is 4.74 Å². The average molecular weight is 263 g/mol. The molecule has 1 unspecified atom stereocenters. The molecule has 20 heavy (non-hydrogen) atoms. The van der Waals surface area contributed by atoms with Crippen molar-refractivity contribution in [3.05, 3.63) is 71.1 Å². The van der Waals surface area contributed by atoms with E-state index < -0.39 is 11.9 Å². The number of carbonyl (C=O) groups excluding carboxylic acids is 2. The zero-order chi connectivity index (χ0) is 14.1. The number of nitrogens with zero attached hydrogens (tertiary/aromatic N) is 1. The van der Waals surface area contributed by atoms with E-state index in [4.69, 9.17) is 11.3 Å². The molecule has 0 N–H and O–H groups in total. The Morgan fingerprint density at radius 3 is 2.60 bits per heavy atom. The minimum atomic E-state index is -0.938. The van der Waals surface area contributed by atoms with Crippen molar-refractivity contribution >= 4 is 17.4 Å². The average Bonchev–Trinajstić information content (AvgIpc) is 2.82. The first-order chi connectivity index (χ1) is 9.70. The number of benzene rings is 2. The van der Waals surface area contributed by atoms with Crippen LogP contribution in [0.4, 0.5) is 5.69 Å². The second-order valence-electron chi connectivity index (χ2n) is 4.42. The van der Waals surface area contributed by atoms with Crippen molar-refractivity contribution in [1.29, 1.82) is 0 Å². The zero-order valence-corrected chi connectivity index (χ0v) is 10.4. The van der Waals surface area contributed by atoms with Gasteiger partial charge in [0.05, 0.1) is 6.57 Å². The summed E-state index contributed by atoms with van der Waals surface area (Å²) in [6, 6.07) is 13.3. The Hall–Kier alpha value is -2.93. The smallest absolute Gasteiger partial charge is 0.326 e. The van der Waals surface area contributed by atoms with Crippen LogP contribution in [0.3, 0.4) is 0 Å². The van der Waals surface area contributed by atoms with E-state index in [0.717, 1.165) is 0 Å². The standard InChI is InChI=1S/C16H9NO3/c1-17-11-7-8-12-13(9-11)20-16(19)14(12)15(18)10-5-3-2-4-6-10/h2-9,14H. The highest BCUT2D eigenvalue weighted by molar-refractivity contribution is 6.15. The maximum absolute atomic E-state index is 12.4. The number of hydrogen-bond donors (Lipinski definition) is 0. The molecule has 0 fully saturated rings. The lowest BCUT2D eigenvalue weighted by Gasteiger charge is -2.06. The number of Topliss-reactive ketones (excluding diaryl/α,β-unsaturated/α-hetero) is 1. The highest BCUT2D eigenvalue weighted by Crippen LogP contribution is 2.39. The first kappa shape index (κ1) is 12.1. The van der Waals surface area contributed by atoms with Crippen LogP contribution in [0.15, 0.2) is 48.5 Å². The second-order valence-corrected chi connectivity index (χ2v) is 4.42. The van der Waals surface area contributed by atoms with Crippen LogP contribution in [0.5, 0.6) is 5.75 Å². The molecule has 0 radical (unpaired) electrons. The van der Waals surface area contributed by atoms with Gasteiger partial charge in [-0.2, -0.15) is 0 Å². The third kappa shape index (κ3) is 1.86. The fraction of sp³-hybridized carbons (Fsp3) is 0.0625. The Labute approximate surface area is 115 Å². The minimum Gasteiger partial charge on any atom is -0.427 e. The van der Waals surface area contributed by atoms with Gasteiger partial charge in [0.25, 0.3) is 0 Å². The molecular formula is C16H9NO3. The lowest BCUT2D eigenvalue weighted by Crippen LogP contribution is -2.20. The predicted molar refractivity (Wildman–Crippen MR) is 71.9 cm³/mol. The second kappa shape index (κ2) is 4.63. The van der Waals surface area contributed by atoms with Gasteiger partial charge in [0.2, 0.25) is 0 Å². The summed E-state index contributed by atoms with van der Waals surface area (Å²) in [5.41, 5.74) is 1.37. The number of fused-ring (bicyclic) bond motifs is 1. The van der Waals surface area contributed by atoms with Gasteiger partial charge in [-0.25, -0.2) is 4.85 Å². The minimum absolute atomic E-state index is 0.287. The Morgan fingerprint density at radius 1 is 1.15 bits per heavy atom. The molecule has 4 nitrogen and oxygen atoms in total. The fourth-order valence-electron chi connectivity index (χ4n) is 2.23. The van der Waals surface area contributed by atoms with Gasteiger partial charge in [0.1, 0.15) is 11.7 Å². The normalized spacial score (nSPS) is 16.1. The van der Waals surface area contributed by atoms with E-state index in [1.54, 1.807) is 42.5 Å². The Kier molecular flexibility index (Phi) is 2.81. The number of ether oxygens (including phenoxy) is 1. The summed E-state index contributed by atoms with van der Waals surface area (Å²) >= 11 is 0. The summed E-state index contributed by atoms with van der Waals surface area (Å²) in [6.07, 6.45) is 0. The fourth-order valence-corrected chi connectivity index (χ4v) is 2.23. The van der Waals surface area contributed by atoms with Crippen LogP contribution in [0.25, 0.3) is 4.85 Å². The van der Waals surface area contributed by atoms with Crippen LogP contribution >= 0.6 is 0 Å². The lowest BCUT2D eigenvalue weighted by molar-refractivity contribution is -0.132. The molecule has 0 spiro atoms. The zero-order valence-electron chi connectivity index (χ0n) is 10.4. The molecule has 3 rings (SSSR count). The molecule has 4 heteroatoms. The molecule has 2 aromatic rings. The number of ketones is 1. The van der Waals surface area contributed by atoms with E-state index in [1.165, 1.54) is 6.07 Å². The van der Waals surface area contributed by atoms with Crippen LogP contribution in [0.2, 0.25) is 0 Å². The molecule has 1 atom stereocenters.